The lowest BCUT2D eigenvalue weighted by Crippen LogP contribution is -2.45. The second-order valence-corrected chi connectivity index (χ2v) is 10.8. The number of thioether (sulfide) groups is 1. The van der Waals surface area contributed by atoms with Crippen LogP contribution in [0.5, 0.6) is 0 Å². The van der Waals surface area contributed by atoms with Gasteiger partial charge in [-0.25, -0.2) is 0 Å². The van der Waals surface area contributed by atoms with Gasteiger partial charge in [-0.1, -0.05) is 44.9 Å². The van der Waals surface area contributed by atoms with Crippen LogP contribution in [-0.2, 0) is 4.79 Å². The third-order valence-corrected chi connectivity index (χ3v) is 6.53. The molecule has 2 rings (SSSR count). The van der Waals surface area contributed by atoms with Crippen LogP contribution in [0.25, 0.3) is 0 Å². The Labute approximate surface area is 197 Å². The molecule has 1 aliphatic carbocycles. The summed E-state index contributed by atoms with van der Waals surface area (Å²) in [6, 6.07) is -0.621. The van der Waals surface area contributed by atoms with Crippen molar-refractivity contribution in [1.82, 2.24) is 20.4 Å². The van der Waals surface area contributed by atoms with E-state index in [1.807, 2.05) is 13.8 Å². The maximum absolute atomic E-state index is 13.0. The predicted molar refractivity (Wildman–Crippen MR) is 127 cm³/mol. The summed E-state index contributed by atoms with van der Waals surface area (Å²) < 4.78 is 5.62. The minimum absolute atomic E-state index is 0. The van der Waals surface area contributed by atoms with Gasteiger partial charge in [-0.3, -0.25) is 9.59 Å². The smallest absolute Gasteiger partial charge is 0.286 e. The van der Waals surface area contributed by atoms with Crippen LogP contribution in [0.3, 0.4) is 0 Å². The standard InChI is InChI=1S/C22H38N4O3S.ClH/c1-15(2)14-17(23-19(28)16-10-8-7-9-11-16)18(27)20-24-25-21(29-20)30-13-12-26(6)22(3,4)5;/h15-17H,7-14H2,1-6H3,(H,23,28);1H. The Hall–Kier alpha value is -1.12. The highest BCUT2D eigenvalue weighted by Crippen LogP contribution is 2.25. The minimum Gasteiger partial charge on any atom is -0.408 e. The third kappa shape index (κ3) is 9.10. The molecule has 1 heterocycles. The van der Waals surface area contributed by atoms with Crippen LogP contribution in [0, 0.1) is 11.8 Å². The molecule has 1 fully saturated rings. The number of Topliss-reactive ketones (excluding diaryl/α,β-unsaturated/α-hetero) is 1. The van der Waals surface area contributed by atoms with Crippen molar-refractivity contribution >= 4 is 35.9 Å². The fraction of sp³-hybridized carbons (Fsp3) is 0.818. The fourth-order valence-corrected chi connectivity index (χ4v) is 4.26. The van der Waals surface area contributed by atoms with E-state index >= 15 is 0 Å². The number of carbonyl (C=O) groups is 2. The Kier molecular flexibility index (Phi) is 11.5. The zero-order valence-electron chi connectivity index (χ0n) is 19.8. The first-order valence-electron chi connectivity index (χ1n) is 11.1. The topological polar surface area (TPSA) is 88.3 Å². The average Bonchev–Trinajstić information content (AvgIpc) is 3.15. The lowest BCUT2D eigenvalue weighted by molar-refractivity contribution is -0.126. The van der Waals surface area contributed by atoms with E-state index in [9.17, 15) is 9.59 Å². The van der Waals surface area contributed by atoms with E-state index in [4.69, 9.17) is 4.42 Å². The largest absolute Gasteiger partial charge is 0.408 e. The number of hydrogen-bond acceptors (Lipinski definition) is 7. The summed E-state index contributed by atoms with van der Waals surface area (Å²) >= 11 is 1.44. The number of hydrogen-bond donors (Lipinski definition) is 1. The molecule has 1 aromatic rings. The molecule has 178 valence electrons. The van der Waals surface area contributed by atoms with Gasteiger partial charge in [0.25, 0.3) is 11.1 Å². The van der Waals surface area contributed by atoms with Crippen molar-refractivity contribution < 1.29 is 14.0 Å². The summed E-state index contributed by atoms with van der Waals surface area (Å²) in [5, 5.41) is 11.3. The summed E-state index contributed by atoms with van der Waals surface area (Å²) in [6.07, 6.45) is 5.70. The van der Waals surface area contributed by atoms with Gasteiger partial charge in [0, 0.05) is 23.8 Å². The molecule has 0 aromatic carbocycles. The number of rotatable bonds is 10. The van der Waals surface area contributed by atoms with E-state index in [1.54, 1.807) is 0 Å². The second-order valence-electron chi connectivity index (χ2n) is 9.70. The van der Waals surface area contributed by atoms with Crippen molar-refractivity contribution in [3.05, 3.63) is 5.89 Å². The maximum atomic E-state index is 13.0. The maximum Gasteiger partial charge on any atom is 0.286 e. The normalized spacial score (nSPS) is 16.3. The first kappa shape index (κ1) is 27.9. The quantitative estimate of drug-likeness (QED) is 0.391. The molecule has 0 radical (unpaired) electrons. The molecule has 31 heavy (non-hydrogen) atoms. The van der Waals surface area contributed by atoms with Gasteiger partial charge in [-0.05, 0) is 53.0 Å². The Morgan fingerprint density at radius 2 is 1.84 bits per heavy atom. The van der Waals surface area contributed by atoms with Gasteiger partial charge in [0.1, 0.15) is 0 Å². The number of nitrogens with zero attached hydrogens (tertiary/aromatic N) is 3. The molecular weight excluding hydrogens is 436 g/mol. The third-order valence-electron chi connectivity index (χ3n) is 5.73. The molecule has 7 nitrogen and oxygen atoms in total. The highest BCUT2D eigenvalue weighted by molar-refractivity contribution is 7.99. The molecule has 1 unspecified atom stereocenters. The highest BCUT2D eigenvalue weighted by Gasteiger charge is 2.30. The summed E-state index contributed by atoms with van der Waals surface area (Å²) in [7, 11) is 2.08. The molecule has 1 aromatic heterocycles. The number of halogens is 1. The number of ketones is 1. The van der Waals surface area contributed by atoms with Gasteiger partial charge < -0.3 is 14.6 Å². The molecule has 0 aliphatic heterocycles. The zero-order chi connectivity index (χ0) is 22.3. The van der Waals surface area contributed by atoms with Gasteiger partial charge in [-0.2, -0.15) is 0 Å². The monoisotopic (exact) mass is 474 g/mol. The zero-order valence-corrected chi connectivity index (χ0v) is 21.4. The number of aromatic nitrogens is 2. The summed E-state index contributed by atoms with van der Waals surface area (Å²) in [6.45, 7) is 11.4. The van der Waals surface area contributed by atoms with E-state index in [-0.39, 0.29) is 47.4 Å². The van der Waals surface area contributed by atoms with Crippen LogP contribution in [0.1, 0.15) is 83.8 Å². The molecule has 1 aliphatic rings. The Morgan fingerprint density at radius 3 is 2.42 bits per heavy atom. The van der Waals surface area contributed by atoms with Gasteiger partial charge in [0.05, 0.1) is 6.04 Å². The van der Waals surface area contributed by atoms with E-state index in [0.29, 0.717) is 11.6 Å². The first-order chi connectivity index (χ1) is 14.1. The van der Waals surface area contributed by atoms with Crippen LogP contribution in [-0.4, -0.2) is 57.7 Å². The molecule has 0 bridgehead atoms. The van der Waals surface area contributed by atoms with Crippen LogP contribution in [0.2, 0.25) is 0 Å². The van der Waals surface area contributed by atoms with Gasteiger partial charge in [0.15, 0.2) is 0 Å². The average molecular weight is 475 g/mol. The van der Waals surface area contributed by atoms with Crippen LogP contribution < -0.4 is 5.32 Å². The molecule has 0 spiro atoms. The van der Waals surface area contributed by atoms with Crippen molar-refractivity contribution in [3.8, 4) is 0 Å². The predicted octanol–water partition coefficient (Wildman–Crippen LogP) is 4.61. The minimum atomic E-state index is -0.621. The van der Waals surface area contributed by atoms with Crippen LogP contribution in [0.4, 0.5) is 0 Å². The van der Waals surface area contributed by atoms with E-state index in [2.05, 4.69) is 48.2 Å². The SMILES string of the molecule is CC(C)CC(NC(=O)C1CCCCC1)C(=O)c1nnc(SCCN(C)C(C)(C)C)o1.Cl. The fourth-order valence-electron chi connectivity index (χ4n) is 3.48. The lowest BCUT2D eigenvalue weighted by Gasteiger charge is -2.31. The number of carbonyl (C=O) groups excluding carboxylic acids is 2. The van der Waals surface area contributed by atoms with Crippen LogP contribution >= 0.6 is 24.2 Å². The van der Waals surface area contributed by atoms with E-state index < -0.39 is 6.04 Å². The molecule has 0 saturated heterocycles. The van der Waals surface area contributed by atoms with Crippen molar-refractivity contribution in [2.75, 3.05) is 19.3 Å². The number of nitrogens with one attached hydrogen (secondary N) is 1. The van der Waals surface area contributed by atoms with Gasteiger partial charge in [0.2, 0.25) is 11.7 Å². The first-order valence-corrected chi connectivity index (χ1v) is 12.1. The Bertz CT molecular complexity index is 699. The summed E-state index contributed by atoms with van der Waals surface area (Å²) in [4.78, 5) is 27.9. The molecule has 9 heteroatoms. The molecular formula is C22H39ClN4O3S. The molecule has 1 saturated carbocycles. The molecule has 1 amide bonds. The Balaban J connectivity index is 0.00000480. The lowest BCUT2D eigenvalue weighted by atomic mass is 9.88. The van der Waals surface area contributed by atoms with E-state index in [0.717, 1.165) is 38.0 Å². The second kappa shape index (κ2) is 12.8. The van der Waals surface area contributed by atoms with Crippen molar-refractivity contribution in [2.45, 2.75) is 89.9 Å². The van der Waals surface area contributed by atoms with E-state index in [1.165, 1.54) is 18.2 Å². The van der Waals surface area contributed by atoms with Gasteiger partial charge in [-0.15, -0.1) is 22.6 Å². The highest BCUT2D eigenvalue weighted by atomic mass is 35.5. The molecule has 1 N–H and O–H groups in total. The van der Waals surface area contributed by atoms with Gasteiger partial charge >= 0.3 is 0 Å². The van der Waals surface area contributed by atoms with Crippen molar-refractivity contribution in [1.29, 1.82) is 0 Å². The van der Waals surface area contributed by atoms with Crippen LogP contribution in [0.15, 0.2) is 9.64 Å². The summed E-state index contributed by atoms with van der Waals surface area (Å²) in [5.74, 6) is 0.727. The Morgan fingerprint density at radius 1 is 1.19 bits per heavy atom. The van der Waals surface area contributed by atoms with Crippen molar-refractivity contribution in [2.24, 2.45) is 11.8 Å². The van der Waals surface area contributed by atoms with Crippen molar-refractivity contribution in [3.63, 3.8) is 0 Å². The molecule has 1 atom stereocenters. The summed E-state index contributed by atoms with van der Waals surface area (Å²) in [5.41, 5.74) is 0.0944. The number of amides is 1.